The van der Waals surface area contributed by atoms with Crippen LogP contribution in [-0.4, -0.2) is 9.55 Å². The van der Waals surface area contributed by atoms with Crippen LogP contribution in [0.15, 0.2) is 65.5 Å². The maximum absolute atomic E-state index is 13.3. The minimum absolute atomic E-state index is 0.272. The highest BCUT2D eigenvalue weighted by Gasteiger charge is 2.09. The Hall–Kier alpha value is -2.88. The Kier molecular flexibility index (Phi) is 2.44. The highest BCUT2D eigenvalue weighted by Crippen LogP contribution is 2.21. The molecular weight excluding hydrogens is 267 g/mol. The van der Waals surface area contributed by atoms with Crippen molar-refractivity contribution in [1.29, 1.82) is 0 Å². The molecule has 0 spiro atoms. The molecule has 0 aliphatic heterocycles. The van der Waals surface area contributed by atoms with Gasteiger partial charge in [-0.05, 0) is 41.1 Å². The summed E-state index contributed by atoms with van der Waals surface area (Å²) in [5.74, 6) is -0.366. The molecular formula is C17H11FN2O. The summed E-state index contributed by atoms with van der Waals surface area (Å²) < 4.78 is 14.8. The average Bonchev–Trinajstić information content (AvgIpc) is 2.81. The van der Waals surface area contributed by atoms with Crippen LogP contribution in [0.3, 0.4) is 0 Å². The van der Waals surface area contributed by atoms with Gasteiger partial charge in [-0.1, -0.05) is 30.3 Å². The first-order chi connectivity index (χ1) is 10.2. The number of fused-ring (bicyclic) bond motifs is 2. The van der Waals surface area contributed by atoms with Crippen molar-refractivity contribution in [3.63, 3.8) is 0 Å². The SMILES string of the molecule is O=c1[nH]c2cc(F)ccc2n1-c1ccc2ccccc2c1. The van der Waals surface area contributed by atoms with Crippen LogP contribution in [0.25, 0.3) is 27.5 Å². The molecule has 3 nitrogen and oxygen atoms in total. The van der Waals surface area contributed by atoms with Gasteiger partial charge in [-0.2, -0.15) is 0 Å². The van der Waals surface area contributed by atoms with Gasteiger partial charge in [0, 0.05) is 0 Å². The first-order valence-electron chi connectivity index (χ1n) is 6.62. The van der Waals surface area contributed by atoms with Gasteiger partial charge in [-0.15, -0.1) is 0 Å². The van der Waals surface area contributed by atoms with Gasteiger partial charge in [0.1, 0.15) is 5.82 Å². The van der Waals surface area contributed by atoms with Gasteiger partial charge in [0.2, 0.25) is 0 Å². The maximum atomic E-state index is 13.3. The Morgan fingerprint density at radius 3 is 2.57 bits per heavy atom. The number of nitrogens with zero attached hydrogens (tertiary/aromatic N) is 1. The first kappa shape index (κ1) is 11.9. The van der Waals surface area contributed by atoms with Gasteiger partial charge >= 0.3 is 5.69 Å². The molecule has 1 N–H and O–H groups in total. The lowest BCUT2D eigenvalue weighted by Crippen LogP contribution is -2.14. The predicted molar refractivity (Wildman–Crippen MR) is 81.4 cm³/mol. The van der Waals surface area contributed by atoms with E-state index in [-0.39, 0.29) is 11.5 Å². The molecule has 0 saturated heterocycles. The van der Waals surface area contributed by atoms with E-state index in [0.717, 1.165) is 16.5 Å². The molecule has 4 aromatic rings. The third kappa shape index (κ3) is 1.84. The molecule has 0 bridgehead atoms. The molecule has 0 radical (unpaired) electrons. The van der Waals surface area contributed by atoms with Crippen molar-refractivity contribution in [3.8, 4) is 5.69 Å². The Balaban J connectivity index is 2.03. The summed E-state index contributed by atoms with van der Waals surface area (Å²) in [5.41, 5.74) is 1.65. The van der Waals surface area contributed by atoms with Crippen molar-refractivity contribution in [2.24, 2.45) is 0 Å². The molecule has 0 saturated carbocycles. The number of rotatable bonds is 1. The Morgan fingerprint density at radius 2 is 1.71 bits per heavy atom. The smallest absolute Gasteiger partial charge is 0.305 e. The summed E-state index contributed by atoms with van der Waals surface area (Å²) in [4.78, 5) is 14.9. The third-order valence-electron chi connectivity index (χ3n) is 3.64. The molecule has 1 aromatic heterocycles. The van der Waals surface area contributed by atoms with E-state index in [0.29, 0.717) is 11.0 Å². The van der Waals surface area contributed by atoms with Crippen molar-refractivity contribution in [2.45, 2.75) is 0 Å². The predicted octanol–water partition coefficient (Wildman–Crippen LogP) is 3.61. The molecule has 102 valence electrons. The van der Waals surface area contributed by atoms with Crippen molar-refractivity contribution < 1.29 is 4.39 Å². The molecule has 0 amide bonds. The number of aromatic nitrogens is 2. The van der Waals surface area contributed by atoms with Crippen molar-refractivity contribution >= 4 is 21.8 Å². The van der Waals surface area contributed by atoms with E-state index in [1.165, 1.54) is 12.1 Å². The second kappa shape index (κ2) is 4.31. The van der Waals surface area contributed by atoms with Gasteiger partial charge < -0.3 is 4.98 Å². The van der Waals surface area contributed by atoms with E-state index >= 15 is 0 Å². The Morgan fingerprint density at radius 1 is 0.905 bits per heavy atom. The second-order valence-electron chi connectivity index (χ2n) is 4.96. The molecule has 0 atom stereocenters. The fourth-order valence-corrected chi connectivity index (χ4v) is 2.66. The van der Waals surface area contributed by atoms with Crippen LogP contribution in [0.2, 0.25) is 0 Å². The topological polar surface area (TPSA) is 37.8 Å². The standard InChI is InChI=1S/C17H11FN2O/c18-13-6-8-16-15(10-13)19-17(21)20(16)14-7-5-11-3-1-2-4-12(11)9-14/h1-10H,(H,19,21). The van der Waals surface area contributed by atoms with Gasteiger partial charge in [0.25, 0.3) is 0 Å². The summed E-state index contributed by atoms with van der Waals surface area (Å²) in [6, 6.07) is 18.1. The number of H-pyrrole nitrogens is 1. The summed E-state index contributed by atoms with van der Waals surface area (Å²) in [6.07, 6.45) is 0. The Labute approximate surface area is 119 Å². The summed E-state index contributed by atoms with van der Waals surface area (Å²) in [5, 5.41) is 2.17. The van der Waals surface area contributed by atoms with E-state index in [2.05, 4.69) is 4.98 Å². The molecule has 4 heteroatoms. The summed E-state index contributed by atoms with van der Waals surface area (Å²) in [6.45, 7) is 0. The molecule has 4 rings (SSSR count). The van der Waals surface area contributed by atoms with Crippen molar-refractivity contribution in [3.05, 3.63) is 77.0 Å². The number of nitrogens with one attached hydrogen (secondary N) is 1. The van der Waals surface area contributed by atoms with Gasteiger partial charge in [0.05, 0.1) is 16.7 Å². The zero-order valence-corrected chi connectivity index (χ0v) is 11.0. The highest BCUT2D eigenvalue weighted by molar-refractivity contribution is 5.85. The van der Waals surface area contributed by atoms with E-state index < -0.39 is 0 Å². The number of aromatic amines is 1. The van der Waals surface area contributed by atoms with Crippen molar-refractivity contribution in [1.82, 2.24) is 9.55 Å². The monoisotopic (exact) mass is 278 g/mol. The average molecular weight is 278 g/mol. The van der Waals surface area contributed by atoms with Crippen LogP contribution in [0.1, 0.15) is 0 Å². The zero-order chi connectivity index (χ0) is 14.4. The second-order valence-corrected chi connectivity index (χ2v) is 4.96. The van der Waals surface area contributed by atoms with Crippen LogP contribution in [0.5, 0.6) is 0 Å². The van der Waals surface area contributed by atoms with Crippen LogP contribution in [-0.2, 0) is 0 Å². The number of hydrogen-bond donors (Lipinski definition) is 1. The number of imidazole rings is 1. The number of hydrogen-bond acceptors (Lipinski definition) is 1. The number of benzene rings is 3. The fourth-order valence-electron chi connectivity index (χ4n) is 2.66. The van der Waals surface area contributed by atoms with Crippen LogP contribution in [0.4, 0.5) is 4.39 Å². The lowest BCUT2D eigenvalue weighted by atomic mass is 10.1. The zero-order valence-electron chi connectivity index (χ0n) is 11.0. The molecule has 0 aliphatic carbocycles. The molecule has 0 aliphatic rings. The Bertz CT molecular complexity index is 1030. The molecule has 21 heavy (non-hydrogen) atoms. The van der Waals surface area contributed by atoms with E-state index in [9.17, 15) is 9.18 Å². The highest BCUT2D eigenvalue weighted by atomic mass is 19.1. The van der Waals surface area contributed by atoms with E-state index in [1.54, 1.807) is 10.6 Å². The summed E-state index contributed by atoms with van der Waals surface area (Å²) in [7, 11) is 0. The quantitative estimate of drug-likeness (QED) is 0.567. The lowest BCUT2D eigenvalue weighted by molar-refractivity contribution is 0.629. The van der Waals surface area contributed by atoms with Crippen molar-refractivity contribution in [2.75, 3.05) is 0 Å². The summed E-state index contributed by atoms with van der Waals surface area (Å²) >= 11 is 0. The molecule has 1 heterocycles. The maximum Gasteiger partial charge on any atom is 0.331 e. The minimum atomic E-state index is -0.366. The molecule has 0 unspecified atom stereocenters. The van der Waals surface area contributed by atoms with Gasteiger partial charge in [0.15, 0.2) is 0 Å². The minimum Gasteiger partial charge on any atom is -0.305 e. The molecule has 0 fully saturated rings. The first-order valence-corrected chi connectivity index (χ1v) is 6.62. The van der Waals surface area contributed by atoms with Gasteiger partial charge in [-0.3, -0.25) is 4.57 Å². The molecule has 3 aromatic carbocycles. The number of halogens is 1. The largest absolute Gasteiger partial charge is 0.331 e. The van der Waals surface area contributed by atoms with Crippen LogP contribution >= 0.6 is 0 Å². The van der Waals surface area contributed by atoms with Crippen LogP contribution in [0, 0.1) is 5.82 Å². The fraction of sp³-hybridized carbons (Fsp3) is 0. The van der Waals surface area contributed by atoms with E-state index in [1.807, 2.05) is 42.5 Å². The van der Waals surface area contributed by atoms with Crippen LogP contribution < -0.4 is 5.69 Å². The van der Waals surface area contributed by atoms with E-state index in [4.69, 9.17) is 0 Å². The third-order valence-corrected chi connectivity index (χ3v) is 3.64. The van der Waals surface area contributed by atoms with Gasteiger partial charge in [-0.25, -0.2) is 9.18 Å². The normalized spacial score (nSPS) is 11.3. The lowest BCUT2D eigenvalue weighted by Gasteiger charge is -2.05.